The Hall–Kier alpha value is -1.87. The Labute approximate surface area is 111 Å². The third kappa shape index (κ3) is 2.68. The van der Waals surface area contributed by atoms with Crippen molar-refractivity contribution in [2.45, 2.75) is 13.0 Å². The number of benzene rings is 2. The molecule has 0 aliphatic rings. The summed E-state index contributed by atoms with van der Waals surface area (Å²) < 4.78 is 0. The van der Waals surface area contributed by atoms with Crippen molar-refractivity contribution in [3.63, 3.8) is 0 Å². The molecule has 3 N–H and O–H groups in total. The summed E-state index contributed by atoms with van der Waals surface area (Å²) in [5, 5.41) is 22.6. The summed E-state index contributed by atoms with van der Waals surface area (Å²) in [6, 6.07) is 12.0. The topological polar surface area (TPSA) is 52.5 Å². The first-order valence-electron chi connectivity index (χ1n) is 5.61. The highest BCUT2D eigenvalue weighted by Gasteiger charge is 2.10. The van der Waals surface area contributed by atoms with E-state index in [0.717, 1.165) is 11.3 Å². The van der Waals surface area contributed by atoms with Gasteiger partial charge in [0.1, 0.15) is 11.5 Å². The molecule has 1 atom stereocenters. The number of para-hydroxylation sites is 1. The van der Waals surface area contributed by atoms with Crippen molar-refractivity contribution in [2.75, 3.05) is 5.32 Å². The number of hydrogen-bond acceptors (Lipinski definition) is 3. The largest absolute Gasteiger partial charge is 0.508 e. The van der Waals surface area contributed by atoms with E-state index in [9.17, 15) is 10.2 Å². The number of aromatic hydroxyl groups is 2. The first-order valence-corrected chi connectivity index (χ1v) is 5.98. The fourth-order valence-electron chi connectivity index (χ4n) is 1.78. The molecule has 0 aromatic heterocycles. The van der Waals surface area contributed by atoms with Gasteiger partial charge in [-0.3, -0.25) is 0 Å². The van der Waals surface area contributed by atoms with E-state index >= 15 is 0 Å². The highest BCUT2D eigenvalue weighted by molar-refractivity contribution is 6.32. The molecule has 0 amide bonds. The second-order valence-corrected chi connectivity index (χ2v) is 4.50. The van der Waals surface area contributed by atoms with Gasteiger partial charge in [-0.05, 0) is 31.2 Å². The Morgan fingerprint density at radius 3 is 2.44 bits per heavy atom. The van der Waals surface area contributed by atoms with Gasteiger partial charge in [0.25, 0.3) is 0 Å². The molecule has 0 bridgehead atoms. The molecule has 0 aliphatic carbocycles. The van der Waals surface area contributed by atoms with Crippen LogP contribution in [0.2, 0.25) is 5.02 Å². The molecule has 2 aromatic rings. The van der Waals surface area contributed by atoms with Crippen molar-refractivity contribution in [2.24, 2.45) is 0 Å². The van der Waals surface area contributed by atoms with Crippen molar-refractivity contribution in [3.8, 4) is 11.5 Å². The first-order chi connectivity index (χ1) is 8.58. The number of phenolic OH excluding ortho intramolecular Hbond substituents is 2. The maximum atomic E-state index is 9.75. The summed E-state index contributed by atoms with van der Waals surface area (Å²) >= 11 is 5.84. The molecule has 0 fully saturated rings. The second-order valence-electron chi connectivity index (χ2n) is 4.09. The Morgan fingerprint density at radius 1 is 1.06 bits per heavy atom. The minimum Gasteiger partial charge on any atom is -0.508 e. The van der Waals surface area contributed by atoms with E-state index in [1.54, 1.807) is 24.3 Å². The lowest BCUT2D eigenvalue weighted by molar-refractivity contribution is 0.465. The molecule has 94 valence electrons. The number of nitrogens with one attached hydrogen (secondary N) is 1. The fourth-order valence-corrected chi connectivity index (χ4v) is 1.96. The van der Waals surface area contributed by atoms with E-state index in [1.165, 1.54) is 6.07 Å². The van der Waals surface area contributed by atoms with Crippen LogP contribution in [0.15, 0.2) is 42.5 Å². The van der Waals surface area contributed by atoms with Gasteiger partial charge >= 0.3 is 0 Å². The molecule has 3 nitrogen and oxygen atoms in total. The van der Waals surface area contributed by atoms with E-state index in [1.807, 2.05) is 19.1 Å². The van der Waals surface area contributed by atoms with E-state index < -0.39 is 0 Å². The van der Waals surface area contributed by atoms with Crippen LogP contribution in [0, 0.1) is 0 Å². The van der Waals surface area contributed by atoms with Crippen molar-refractivity contribution in [1.29, 1.82) is 0 Å². The number of rotatable bonds is 3. The standard InChI is InChI=1S/C14H14ClNO2/c1-9(11-4-2-3-5-13(11)17)16-10-6-7-14(18)12(15)8-10/h2-9,16-18H,1H3. The van der Waals surface area contributed by atoms with Crippen LogP contribution in [0.1, 0.15) is 18.5 Å². The summed E-state index contributed by atoms with van der Waals surface area (Å²) in [5.41, 5.74) is 1.59. The molecule has 0 aliphatic heterocycles. The molecule has 0 heterocycles. The van der Waals surface area contributed by atoms with Crippen LogP contribution in [-0.4, -0.2) is 10.2 Å². The molecule has 1 unspecified atom stereocenters. The van der Waals surface area contributed by atoms with Crippen molar-refractivity contribution in [3.05, 3.63) is 53.1 Å². The third-order valence-electron chi connectivity index (χ3n) is 2.73. The van der Waals surface area contributed by atoms with Crippen LogP contribution in [0.4, 0.5) is 5.69 Å². The lowest BCUT2D eigenvalue weighted by Crippen LogP contribution is -2.06. The maximum Gasteiger partial charge on any atom is 0.134 e. The summed E-state index contributed by atoms with van der Waals surface area (Å²) in [5.74, 6) is 0.305. The van der Waals surface area contributed by atoms with Gasteiger partial charge in [0.15, 0.2) is 0 Å². The molecule has 2 aromatic carbocycles. The maximum absolute atomic E-state index is 9.75. The average molecular weight is 264 g/mol. The molecule has 4 heteroatoms. The highest BCUT2D eigenvalue weighted by atomic mass is 35.5. The Bertz CT molecular complexity index is 557. The smallest absolute Gasteiger partial charge is 0.134 e. The Balaban J connectivity index is 2.19. The van der Waals surface area contributed by atoms with Crippen LogP contribution in [0.25, 0.3) is 0 Å². The van der Waals surface area contributed by atoms with Crippen LogP contribution in [-0.2, 0) is 0 Å². The quantitative estimate of drug-likeness (QED) is 0.736. The summed E-state index contributed by atoms with van der Waals surface area (Å²) in [6.07, 6.45) is 0. The summed E-state index contributed by atoms with van der Waals surface area (Å²) in [6.45, 7) is 1.94. The summed E-state index contributed by atoms with van der Waals surface area (Å²) in [7, 11) is 0. The molecule has 0 radical (unpaired) electrons. The fraction of sp³-hybridized carbons (Fsp3) is 0.143. The van der Waals surface area contributed by atoms with Gasteiger partial charge < -0.3 is 15.5 Å². The predicted octanol–water partition coefficient (Wildman–Crippen LogP) is 3.92. The van der Waals surface area contributed by atoms with Crippen molar-refractivity contribution in [1.82, 2.24) is 0 Å². The van der Waals surface area contributed by atoms with Gasteiger partial charge in [0.2, 0.25) is 0 Å². The monoisotopic (exact) mass is 263 g/mol. The molecule has 0 saturated heterocycles. The van der Waals surface area contributed by atoms with Gasteiger partial charge in [-0.25, -0.2) is 0 Å². The third-order valence-corrected chi connectivity index (χ3v) is 3.04. The molecule has 0 spiro atoms. The lowest BCUT2D eigenvalue weighted by Gasteiger charge is -2.17. The molecular weight excluding hydrogens is 250 g/mol. The minimum absolute atomic E-state index is 0.0532. The number of hydrogen-bond donors (Lipinski definition) is 3. The summed E-state index contributed by atoms with van der Waals surface area (Å²) in [4.78, 5) is 0. The SMILES string of the molecule is CC(Nc1ccc(O)c(Cl)c1)c1ccccc1O. The molecule has 18 heavy (non-hydrogen) atoms. The number of anilines is 1. The van der Waals surface area contributed by atoms with Gasteiger partial charge in [0, 0.05) is 11.3 Å². The van der Waals surface area contributed by atoms with Gasteiger partial charge in [-0.2, -0.15) is 0 Å². The number of halogens is 1. The predicted molar refractivity (Wildman–Crippen MR) is 73.3 cm³/mol. The Morgan fingerprint density at radius 2 is 1.78 bits per heavy atom. The average Bonchev–Trinajstić information content (AvgIpc) is 2.34. The number of phenols is 2. The molecular formula is C14H14ClNO2. The van der Waals surface area contributed by atoms with Gasteiger partial charge in [-0.15, -0.1) is 0 Å². The van der Waals surface area contributed by atoms with E-state index in [-0.39, 0.29) is 17.5 Å². The second kappa shape index (κ2) is 5.19. The van der Waals surface area contributed by atoms with E-state index in [2.05, 4.69) is 5.32 Å². The van der Waals surface area contributed by atoms with Crippen LogP contribution >= 0.6 is 11.6 Å². The zero-order valence-corrected chi connectivity index (χ0v) is 10.6. The lowest BCUT2D eigenvalue weighted by atomic mass is 10.1. The van der Waals surface area contributed by atoms with Gasteiger partial charge in [-0.1, -0.05) is 29.8 Å². The van der Waals surface area contributed by atoms with Crippen LogP contribution in [0.3, 0.4) is 0 Å². The minimum atomic E-state index is -0.0631. The highest BCUT2D eigenvalue weighted by Crippen LogP contribution is 2.30. The first kappa shape index (κ1) is 12.6. The van der Waals surface area contributed by atoms with Crippen LogP contribution < -0.4 is 5.32 Å². The van der Waals surface area contributed by atoms with Crippen molar-refractivity contribution >= 4 is 17.3 Å². The van der Waals surface area contributed by atoms with E-state index in [4.69, 9.17) is 11.6 Å². The molecule has 2 rings (SSSR count). The zero-order chi connectivity index (χ0) is 13.1. The zero-order valence-electron chi connectivity index (χ0n) is 9.89. The Kier molecular flexibility index (Phi) is 3.63. The van der Waals surface area contributed by atoms with E-state index in [0.29, 0.717) is 5.02 Å². The van der Waals surface area contributed by atoms with Crippen molar-refractivity contribution < 1.29 is 10.2 Å². The molecule has 0 saturated carbocycles. The normalized spacial score (nSPS) is 12.1. The van der Waals surface area contributed by atoms with Crippen LogP contribution in [0.5, 0.6) is 11.5 Å². The van der Waals surface area contributed by atoms with Gasteiger partial charge in [0.05, 0.1) is 11.1 Å².